The number of rotatable bonds is 6. The van der Waals surface area contributed by atoms with Crippen LogP contribution < -0.4 is 44.3 Å². The number of carboxylic acids is 1. The van der Waals surface area contributed by atoms with Crippen LogP contribution in [0.5, 0.6) is 0 Å². The summed E-state index contributed by atoms with van der Waals surface area (Å²) in [6, 6.07) is 1.40. The Balaban J connectivity index is 0.00000289. The van der Waals surface area contributed by atoms with Crippen LogP contribution in [0.1, 0.15) is 13.8 Å². The van der Waals surface area contributed by atoms with E-state index in [0.29, 0.717) is 14.8 Å². The summed E-state index contributed by atoms with van der Waals surface area (Å²) in [6.45, 7) is 3.44. The predicted octanol–water partition coefficient (Wildman–Crippen LogP) is -4.04. The second-order valence-electron chi connectivity index (χ2n) is 7.96. The van der Waals surface area contributed by atoms with Crippen molar-refractivity contribution in [3.8, 4) is 0 Å². The summed E-state index contributed by atoms with van der Waals surface area (Å²) in [5.41, 5.74) is 0.531. The molecule has 0 saturated carbocycles. The van der Waals surface area contributed by atoms with Crippen LogP contribution in [0.25, 0.3) is 10.2 Å². The zero-order valence-corrected chi connectivity index (χ0v) is 22.0. The standard InChI is InChI=1S/C20H22N4O5S2.Na/c1-9-15-14(10(2)25)18(27)24(15)16(19(28)29)17(9)31-20-21-11-7-23(6-5-12(11)30-20)8-13(26)22(3)4;/h5-7,9-10,14-15H,8H2,1-4H3,(H,28,29);/q;+1/p-1. The Labute approximate surface area is 215 Å². The molecule has 2 aliphatic rings. The molecule has 0 spiro atoms. The fraction of sp³-hybridized carbons (Fsp3) is 0.450. The Hall–Kier alpha value is -1.50. The minimum Gasteiger partial charge on any atom is -0.852 e. The molecule has 0 N–H and O–H groups in total. The molecule has 0 aliphatic carbocycles. The van der Waals surface area contributed by atoms with Crippen LogP contribution in [0.15, 0.2) is 33.4 Å². The van der Waals surface area contributed by atoms with Gasteiger partial charge in [0.15, 0.2) is 16.7 Å². The monoisotopic (exact) mass is 484 g/mol. The summed E-state index contributed by atoms with van der Waals surface area (Å²) in [5.74, 6) is -2.96. The van der Waals surface area contributed by atoms with Gasteiger partial charge >= 0.3 is 29.6 Å². The van der Waals surface area contributed by atoms with Gasteiger partial charge in [0, 0.05) is 36.9 Å². The molecule has 2 aliphatic heterocycles. The van der Waals surface area contributed by atoms with E-state index in [1.54, 1.807) is 31.1 Å². The number of thioether (sulfide) groups is 1. The number of hydrogen-bond acceptors (Lipinski definition) is 8. The van der Waals surface area contributed by atoms with Crippen LogP contribution in [0.2, 0.25) is 0 Å². The number of carboxylic acid groups (broad SMARTS) is 1. The van der Waals surface area contributed by atoms with Gasteiger partial charge in [-0.2, -0.15) is 4.57 Å². The topological polar surface area (TPSA) is 121 Å². The van der Waals surface area contributed by atoms with Crippen molar-refractivity contribution in [2.75, 3.05) is 14.1 Å². The van der Waals surface area contributed by atoms with Crippen LogP contribution >= 0.6 is 23.1 Å². The van der Waals surface area contributed by atoms with Crippen molar-refractivity contribution in [1.29, 1.82) is 0 Å². The van der Waals surface area contributed by atoms with Gasteiger partial charge in [-0.25, -0.2) is 4.98 Å². The average molecular weight is 485 g/mol. The first-order valence-corrected chi connectivity index (χ1v) is 11.4. The van der Waals surface area contributed by atoms with Crippen LogP contribution in [0.3, 0.4) is 0 Å². The van der Waals surface area contributed by atoms with Gasteiger partial charge in [0.05, 0.1) is 22.4 Å². The quantitative estimate of drug-likeness (QED) is 0.233. The summed E-state index contributed by atoms with van der Waals surface area (Å²) in [7, 11) is 3.38. The minimum atomic E-state index is -1.43. The van der Waals surface area contributed by atoms with E-state index >= 15 is 0 Å². The van der Waals surface area contributed by atoms with E-state index in [0.717, 1.165) is 4.70 Å². The average Bonchev–Trinajstić information content (AvgIpc) is 3.18. The summed E-state index contributed by atoms with van der Waals surface area (Å²) in [4.78, 5) is 44.0. The van der Waals surface area contributed by atoms with Gasteiger partial charge in [-0.05, 0) is 0 Å². The number of hydrogen-bond donors (Lipinski definition) is 0. The van der Waals surface area contributed by atoms with Crippen LogP contribution in [0, 0.1) is 11.8 Å². The molecule has 4 heterocycles. The molecule has 4 rings (SSSR count). The second-order valence-corrected chi connectivity index (χ2v) is 10.3. The number of likely N-dealkylation sites (N-methyl/N-ethyl adjacent to an activating group) is 1. The molecule has 12 heteroatoms. The number of carbonyl (C=O) groups is 3. The third-order valence-corrected chi connectivity index (χ3v) is 8.05. The molecule has 1 saturated heterocycles. The summed E-state index contributed by atoms with van der Waals surface area (Å²) in [6.07, 6.45) is 2.46. The van der Waals surface area contributed by atoms with Crippen LogP contribution in [-0.4, -0.2) is 58.8 Å². The van der Waals surface area contributed by atoms with Gasteiger partial charge in [0.1, 0.15) is 5.52 Å². The number of nitrogens with zero attached hydrogens (tertiary/aromatic N) is 4. The van der Waals surface area contributed by atoms with Crippen molar-refractivity contribution in [3.05, 3.63) is 29.1 Å². The molecule has 4 atom stereocenters. The molecule has 0 bridgehead atoms. The van der Waals surface area contributed by atoms with Crippen molar-refractivity contribution in [1.82, 2.24) is 14.8 Å². The number of thiazole rings is 1. The third-order valence-electron chi connectivity index (χ3n) is 5.67. The number of aromatic nitrogens is 2. The number of fused-ring (bicyclic) bond motifs is 2. The molecule has 32 heavy (non-hydrogen) atoms. The molecular formula is C20H21N4NaO5S2. The number of carbonyl (C=O) groups excluding carboxylic acids is 3. The van der Waals surface area contributed by atoms with E-state index < -0.39 is 29.9 Å². The predicted molar refractivity (Wildman–Crippen MR) is 109 cm³/mol. The zero-order valence-electron chi connectivity index (χ0n) is 18.4. The molecule has 2 aromatic rings. The number of pyridine rings is 1. The van der Waals surface area contributed by atoms with Crippen molar-refractivity contribution < 1.29 is 58.7 Å². The second kappa shape index (κ2) is 9.40. The summed E-state index contributed by atoms with van der Waals surface area (Å²) >= 11 is 2.59. The molecule has 164 valence electrons. The van der Waals surface area contributed by atoms with Gasteiger partial charge in [-0.3, -0.25) is 9.59 Å². The fourth-order valence-corrected chi connectivity index (χ4v) is 6.37. The van der Waals surface area contributed by atoms with Crippen molar-refractivity contribution in [2.45, 2.75) is 36.9 Å². The Morgan fingerprint density at radius 3 is 2.69 bits per heavy atom. The minimum absolute atomic E-state index is 0. The van der Waals surface area contributed by atoms with E-state index in [9.17, 15) is 24.6 Å². The van der Waals surface area contributed by atoms with Crippen molar-refractivity contribution >= 4 is 51.1 Å². The molecule has 2 amide bonds. The van der Waals surface area contributed by atoms with Crippen molar-refractivity contribution in [3.63, 3.8) is 0 Å². The molecule has 0 aromatic carbocycles. The number of β-lactam (4-membered cyclic amide) rings is 1. The van der Waals surface area contributed by atoms with Crippen LogP contribution in [-0.2, 0) is 20.9 Å². The molecule has 0 radical (unpaired) electrons. The maximum absolute atomic E-state index is 12.4. The largest absolute Gasteiger partial charge is 1.00 e. The fourth-order valence-electron chi connectivity index (χ4n) is 4.07. The van der Waals surface area contributed by atoms with Gasteiger partial charge in [-0.15, -0.1) is 17.4 Å². The normalized spacial score (nSPS) is 23.0. The van der Waals surface area contributed by atoms with Gasteiger partial charge in [0.2, 0.25) is 12.5 Å². The summed E-state index contributed by atoms with van der Waals surface area (Å²) < 4.78 is 3.25. The molecule has 1 fully saturated rings. The van der Waals surface area contributed by atoms with E-state index in [4.69, 9.17) is 0 Å². The Morgan fingerprint density at radius 2 is 2.09 bits per heavy atom. The SMILES string of the molecule is CC([O-])C1C(=O)N2C(C(=O)[O-])=C(Sc3nc4c[n+](CC(=O)N(C)C)ccc4s3)C(C)C12.[Na+]. The van der Waals surface area contributed by atoms with E-state index in [1.807, 2.05) is 13.0 Å². The first kappa shape index (κ1) is 25.1. The van der Waals surface area contributed by atoms with Gasteiger partial charge in [-0.1, -0.05) is 25.6 Å². The first-order chi connectivity index (χ1) is 14.6. The van der Waals surface area contributed by atoms with Gasteiger partial charge < -0.3 is 24.8 Å². The first-order valence-electron chi connectivity index (χ1n) is 9.72. The number of aliphatic carboxylic acids is 1. The van der Waals surface area contributed by atoms with E-state index in [1.165, 1.54) is 39.8 Å². The maximum atomic E-state index is 12.4. The Kier molecular flexibility index (Phi) is 7.38. The van der Waals surface area contributed by atoms with Crippen LogP contribution in [0.4, 0.5) is 0 Å². The number of amides is 2. The Morgan fingerprint density at radius 1 is 1.41 bits per heavy atom. The van der Waals surface area contributed by atoms with Gasteiger partial charge in [0.25, 0.3) is 5.91 Å². The smallest absolute Gasteiger partial charge is 0.852 e. The third kappa shape index (κ3) is 4.22. The zero-order chi connectivity index (χ0) is 22.6. The van der Waals surface area contributed by atoms with Crippen molar-refractivity contribution in [2.24, 2.45) is 11.8 Å². The Bertz CT molecular complexity index is 1130. The molecule has 4 unspecified atom stereocenters. The molecule has 2 aromatic heterocycles. The van der Waals surface area contributed by atoms with E-state index in [-0.39, 0.29) is 53.6 Å². The summed E-state index contributed by atoms with van der Waals surface area (Å²) in [5, 5.41) is 23.8. The molecule has 9 nitrogen and oxygen atoms in total. The van der Waals surface area contributed by atoms with E-state index in [2.05, 4.69) is 4.98 Å². The maximum Gasteiger partial charge on any atom is 1.00 e. The molecular weight excluding hydrogens is 463 g/mol.